The van der Waals surface area contributed by atoms with Crippen molar-refractivity contribution in [3.05, 3.63) is 52.6 Å². The largest absolute Gasteiger partial charge is 0.288 e. The standard InChI is InChI=1S/C14H12ClNO3S/c1-9-10(2)14(17)12(15)8-13(9)16-20(18,19)11-6-4-3-5-7-11/h3-8H,1-2H3. The van der Waals surface area contributed by atoms with E-state index in [2.05, 4.69) is 4.40 Å². The number of halogens is 1. The summed E-state index contributed by atoms with van der Waals surface area (Å²) in [6.07, 6.45) is 1.28. The average molecular weight is 310 g/mol. The van der Waals surface area contributed by atoms with Crippen molar-refractivity contribution in [3.63, 3.8) is 0 Å². The molecule has 0 saturated heterocycles. The van der Waals surface area contributed by atoms with Crippen LogP contribution in [0.3, 0.4) is 0 Å². The molecule has 1 aliphatic rings. The van der Waals surface area contributed by atoms with Crippen LogP contribution >= 0.6 is 11.6 Å². The zero-order valence-corrected chi connectivity index (χ0v) is 12.5. The molecule has 1 aromatic rings. The second kappa shape index (κ2) is 5.34. The monoisotopic (exact) mass is 309 g/mol. The smallest absolute Gasteiger partial charge is 0.282 e. The number of Topliss-reactive ketones (excluding diaryl/α,β-unsaturated/α-hetero) is 1. The summed E-state index contributed by atoms with van der Waals surface area (Å²) in [4.78, 5) is 11.8. The summed E-state index contributed by atoms with van der Waals surface area (Å²) in [6.45, 7) is 3.24. The van der Waals surface area contributed by atoms with Crippen LogP contribution in [0.25, 0.3) is 0 Å². The van der Waals surface area contributed by atoms with E-state index in [1.54, 1.807) is 32.0 Å². The minimum atomic E-state index is -3.82. The van der Waals surface area contributed by atoms with Crippen LogP contribution in [0.2, 0.25) is 0 Å². The van der Waals surface area contributed by atoms with E-state index in [1.165, 1.54) is 18.2 Å². The van der Waals surface area contributed by atoms with Crippen molar-refractivity contribution in [2.24, 2.45) is 4.40 Å². The van der Waals surface area contributed by atoms with Gasteiger partial charge in [0.25, 0.3) is 10.0 Å². The number of carbonyl (C=O) groups is 1. The third kappa shape index (κ3) is 2.73. The highest BCUT2D eigenvalue weighted by atomic mass is 35.5. The van der Waals surface area contributed by atoms with Gasteiger partial charge in [0, 0.05) is 5.57 Å². The van der Waals surface area contributed by atoms with Gasteiger partial charge in [0.05, 0.1) is 15.6 Å². The predicted molar refractivity (Wildman–Crippen MR) is 78.4 cm³/mol. The number of ketones is 1. The molecule has 6 heteroatoms. The molecule has 0 radical (unpaired) electrons. The Balaban J connectivity index is 2.54. The lowest BCUT2D eigenvalue weighted by atomic mass is 9.97. The van der Waals surface area contributed by atoms with Gasteiger partial charge >= 0.3 is 0 Å². The molecule has 0 aliphatic heterocycles. The van der Waals surface area contributed by atoms with Crippen LogP contribution < -0.4 is 0 Å². The molecule has 2 rings (SSSR count). The molecule has 0 unspecified atom stereocenters. The highest BCUT2D eigenvalue weighted by Gasteiger charge is 2.23. The minimum Gasteiger partial charge on any atom is -0.288 e. The predicted octanol–water partition coefficient (Wildman–Crippen LogP) is 2.86. The van der Waals surface area contributed by atoms with Crippen molar-refractivity contribution in [2.45, 2.75) is 18.7 Å². The van der Waals surface area contributed by atoms with Crippen molar-refractivity contribution >= 4 is 33.1 Å². The van der Waals surface area contributed by atoms with Gasteiger partial charge in [-0.15, -0.1) is 0 Å². The second-order valence-electron chi connectivity index (χ2n) is 4.34. The molecule has 20 heavy (non-hydrogen) atoms. The van der Waals surface area contributed by atoms with Crippen molar-refractivity contribution < 1.29 is 13.2 Å². The normalized spacial score (nSPS) is 18.4. The summed E-state index contributed by atoms with van der Waals surface area (Å²) in [5.74, 6) is -0.305. The first-order chi connectivity index (χ1) is 9.33. The zero-order chi connectivity index (χ0) is 14.9. The lowest BCUT2D eigenvalue weighted by Crippen LogP contribution is -2.15. The SMILES string of the molecule is CC1=C(C)C(=NS(=O)(=O)c2ccccc2)C=C(Cl)C1=O. The topological polar surface area (TPSA) is 63.6 Å². The first-order valence-corrected chi connectivity index (χ1v) is 7.64. The summed E-state index contributed by atoms with van der Waals surface area (Å²) < 4.78 is 28.1. The quantitative estimate of drug-likeness (QED) is 0.789. The van der Waals surface area contributed by atoms with E-state index in [4.69, 9.17) is 11.6 Å². The van der Waals surface area contributed by atoms with E-state index in [-0.39, 0.29) is 21.4 Å². The highest BCUT2D eigenvalue weighted by Crippen LogP contribution is 2.23. The van der Waals surface area contributed by atoms with Gasteiger partial charge in [0.2, 0.25) is 0 Å². The number of benzene rings is 1. The molecule has 0 N–H and O–H groups in total. The summed E-state index contributed by atoms with van der Waals surface area (Å²) in [7, 11) is -3.82. The summed E-state index contributed by atoms with van der Waals surface area (Å²) in [5.41, 5.74) is 1.11. The fourth-order valence-electron chi connectivity index (χ4n) is 1.70. The van der Waals surface area contributed by atoms with E-state index >= 15 is 0 Å². The molecule has 4 nitrogen and oxygen atoms in total. The van der Waals surface area contributed by atoms with Crippen molar-refractivity contribution in [3.8, 4) is 0 Å². The second-order valence-corrected chi connectivity index (χ2v) is 6.35. The van der Waals surface area contributed by atoms with Crippen LogP contribution in [0.1, 0.15) is 13.8 Å². The van der Waals surface area contributed by atoms with E-state index in [9.17, 15) is 13.2 Å². The van der Waals surface area contributed by atoms with Gasteiger partial charge in [-0.1, -0.05) is 29.8 Å². The molecule has 0 amide bonds. The highest BCUT2D eigenvalue weighted by molar-refractivity contribution is 7.90. The van der Waals surface area contributed by atoms with Crippen molar-refractivity contribution in [1.29, 1.82) is 0 Å². The van der Waals surface area contributed by atoms with Crippen LogP contribution in [0.4, 0.5) is 0 Å². The number of rotatable bonds is 2. The number of carbonyl (C=O) groups excluding carboxylic acids is 1. The molecule has 0 fully saturated rings. The van der Waals surface area contributed by atoms with Crippen LogP contribution in [-0.4, -0.2) is 19.9 Å². The maximum atomic E-state index is 12.2. The number of allylic oxidation sites excluding steroid dienone is 4. The Morgan fingerprint density at radius 1 is 1.05 bits per heavy atom. The molecule has 0 bridgehead atoms. The number of nitrogens with zero attached hydrogens (tertiary/aromatic N) is 1. The lowest BCUT2D eigenvalue weighted by Gasteiger charge is -2.13. The molecule has 0 saturated carbocycles. The van der Waals surface area contributed by atoms with E-state index < -0.39 is 10.0 Å². The number of hydrogen-bond donors (Lipinski definition) is 0. The Bertz CT molecular complexity index is 759. The van der Waals surface area contributed by atoms with Crippen LogP contribution in [0.5, 0.6) is 0 Å². The van der Waals surface area contributed by atoms with Crippen LogP contribution in [0.15, 0.2) is 61.9 Å². The average Bonchev–Trinajstić information content (AvgIpc) is 2.43. The molecule has 0 heterocycles. The summed E-state index contributed by atoms with van der Waals surface area (Å²) in [5, 5.41) is -0.0323. The van der Waals surface area contributed by atoms with Crippen molar-refractivity contribution in [2.75, 3.05) is 0 Å². The third-order valence-electron chi connectivity index (χ3n) is 3.03. The maximum Gasteiger partial charge on any atom is 0.282 e. The summed E-state index contributed by atoms with van der Waals surface area (Å²) >= 11 is 5.80. The molecule has 1 aliphatic carbocycles. The molecule has 104 valence electrons. The fraction of sp³-hybridized carbons (Fsp3) is 0.143. The van der Waals surface area contributed by atoms with E-state index in [1.807, 2.05) is 0 Å². The van der Waals surface area contributed by atoms with Gasteiger partial charge in [-0.25, -0.2) is 0 Å². The first kappa shape index (κ1) is 14.7. The Morgan fingerprint density at radius 3 is 2.25 bits per heavy atom. The third-order valence-corrected chi connectivity index (χ3v) is 4.61. The zero-order valence-electron chi connectivity index (χ0n) is 10.9. The lowest BCUT2D eigenvalue weighted by molar-refractivity contribution is -0.111. The Hall–Kier alpha value is -1.72. The van der Waals surface area contributed by atoms with Gasteiger partial charge in [0.1, 0.15) is 0 Å². The van der Waals surface area contributed by atoms with Gasteiger partial charge in [-0.2, -0.15) is 12.8 Å². The van der Waals surface area contributed by atoms with Gasteiger partial charge in [0.15, 0.2) is 5.78 Å². The number of hydrogen-bond acceptors (Lipinski definition) is 3. The molecule has 0 atom stereocenters. The molecular formula is C14H12ClNO3S. The minimum absolute atomic E-state index is 0.0323. The van der Waals surface area contributed by atoms with Gasteiger partial charge in [-0.3, -0.25) is 4.79 Å². The maximum absolute atomic E-state index is 12.2. The fourth-order valence-corrected chi connectivity index (χ4v) is 3.00. The first-order valence-electron chi connectivity index (χ1n) is 5.82. The summed E-state index contributed by atoms with van der Waals surface area (Å²) in [6, 6.07) is 7.88. The van der Waals surface area contributed by atoms with E-state index in [0.29, 0.717) is 11.1 Å². The number of sulfonamides is 1. The van der Waals surface area contributed by atoms with Gasteiger partial charge in [-0.05, 0) is 37.6 Å². The molecule has 0 spiro atoms. The Kier molecular flexibility index (Phi) is 3.92. The molecule has 0 aromatic heterocycles. The molecular weight excluding hydrogens is 298 g/mol. The van der Waals surface area contributed by atoms with E-state index in [0.717, 1.165) is 0 Å². The molecule has 1 aromatic carbocycles. The Morgan fingerprint density at radius 2 is 1.65 bits per heavy atom. The Labute approximate surface area is 122 Å². The van der Waals surface area contributed by atoms with Gasteiger partial charge < -0.3 is 0 Å². The van der Waals surface area contributed by atoms with Crippen molar-refractivity contribution in [1.82, 2.24) is 0 Å². The van der Waals surface area contributed by atoms with Crippen LogP contribution in [0, 0.1) is 0 Å². The van der Waals surface area contributed by atoms with Crippen LogP contribution in [-0.2, 0) is 14.8 Å².